The summed E-state index contributed by atoms with van der Waals surface area (Å²) in [5, 5.41) is 16.5. The lowest BCUT2D eigenvalue weighted by Gasteiger charge is -2.31. The van der Waals surface area contributed by atoms with Crippen LogP contribution in [0.15, 0.2) is 70.0 Å². The molecule has 0 radical (unpaired) electrons. The second-order valence-electron chi connectivity index (χ2n) is 8.58. The van der Waals surface area contributed by atoms with Crippen LogP contribution < -0.4 is 5.32 Å². The van der Waals surface area contributed by atoms with Crippen molar-refractivity contribution in [2.75, 3.05) is 0 Å². The third-order valence-electron chi connectivity index (χ3n) is 5.40. The first-order valence-corrected chi connectivity index (χ1v) is 12.1. The zero-order valence-corrected chi connectivity index (χ0v) is 19.4. The van der Waals surface area contributed by atoms with E-state index in [1.165, 1.54) is 16.9 Å². The van der Waals surface area contributed by atoms with Crippen molar-refractivity contribution >= 4 is 34.7 Å². The molecule has 4 nitrogen and oxygen atoms in total. The van der Waals surface area contributed by atoms with E-state index in [0.717, 1.165) is 38.0 Å². The first-order valence-electron chi connectivity index (χ1n) is 10.3. The average molecular weight is 451 g/mol. The Kier molecular flexibility index (Phi) is 6.49. The smallest absolute Gasteiger partial charge is 0.261 e. The van der Waals surface area contributed by atoms with Gasteiger partial charge < -0.3 is 10.5 Å². The van der Waals surface area contributed by atoms with Gasteiger partial charge in [-0.1, -0.05) is 79.7 Å². The van der Waals surface area contributed by atoms with Crippen LogP contribution in [-0.4, -0.2) is 16.8 Å². The van der Waals surface area contributed by atoms with Gasteiger partial charge in [-0.15, -0.1) is 23.1 Å². The molecule has 0 fully saturated rings. The number of thiophene rings is 1. The van der Waals surface area contributed by atoms with Crippen molar-refractivity contribution in [1.29, 1.82) is 0 Å². The van der Waals surface area contributed by atoms with Crippen LogP contribution >= 0.6 is 23.1 Å². The molecular formula is C25H26N2O2S2. The predicted molar refractivity (Wildman–Crippen MR) is 128 cm³/mol. The van der Waals surface area contributed by atoms with Gasteiger partial charge >= 0.3 is 0 Å². The Bertz CT molecular complexity index is 1090. The average Bonchev–Trinajstić information content (AvgIpc) is 3.14. The highest BCUT2D eigenvalue weighted by Crippen LogP contribution is 2.46. The quantitative estimate of drug-likeness (QED) is 0.270. The van der Waals surface area contributed by atoms with E-state index >= 15 is 0 Å². The molecule has 1 aliphatic carbocycles. The van der Waals surface area contributed by atoms with Gasteiger partial charge in [0.05, 0.1) is 14.8 Å². The third-order valence-corrected chi connectivity index (χ3v) is 7.97. The van der Waals surface area contributed by atoms with Crippen LogP contribution in [-0.2, 0) is 18.7 Å². The highest BCUT2D eigenvalue weighted by Gasteiger charge is 2.36. The normalized spacial score (nSPS) is 16.1. The molecule has 0 aliphatic heterocycles. The van der Waals surface area contributed by atoms with Crippen molar-refractivity contribution in [3.63, 3.8) is 0 Å². The maximum absolute atomic E-state index is 13.2. The molecule has 0 unspecified atom stereocenters. The summed E-state index contributed by atoms with van der Waals surface area (Å²) in [6.45, 7) is 4.80. The second-order valence-corrected chi connectivity index (χ2v) is 10.8. The molecule has 4 rings (SSSR count). The molecule has 0 saturated heterocycles. The van der Waals surface area contributed by atoms with Gasteiger partial charge in [-0.3, -0.25) is 4.79 Å². The van der Waals surface area contributed by atoms with Crippen LogP contribution in [0.5, 0.6) is 0 Å². The van der Waals surface area contributed by atoms with Gasteiger partial charge in [0.1, 0.15) is 0 Å². The van der Waals surface area contributed by atoms with Crippen molar-refractivity contribution in [2.24, 2.45) is 10.6 Å². The molecule has 2 aromatic carbocycles. The Morgan fingerprint density at radius 1 is 1.06 bits per heavy atom. The van der Waals surface area contributed by atoms with E-state index in [2.05, 4.69) is 36.5 Å². The number of hydrogen-bond acceptors (Lipinski definition) is 5. The van der Waals surface area contributed by atoms with Gasteiger partial charge in [0, 0.05) is 17.9 Å². The number of nitrogens with one attached hydrogen (secondary N) is 1. The molecule has 1 heterocycles. The Hall–Kier alpha value is -2.57. The zero-order valence-electron chi connectivity index (χ0n) is 17.7. The summed E-state index contributed by atoms with van der Waals surface area (Å²) in [5.74, 6) is 0.743. The molecule has 1 aromatic heterocycles. The maximum Gasteiger partial charge on any atom is 0.261 e. The first kappa shape index (κ1) is 21.7. The molecule has 0 bridgehead atoms. The molecule has 3 aromatic rings. The van der Waals surface area contributed by atoms with Gasteiger partial charge in [-0.2, -0.15) is 0 Å². The number of nitrogens with zero attached hydrogens (tertiary/aromatic N) is 1. The van der Waals surface area contributed by atoms with E-state index in [4.69, 9.17) is 0 Å². The topological polar surface area (TPSA) is 61.7 Å². The molecule has 1 aliphatic rings. The number of amides is 1. The van der Waals surface area contributed by atoms with Gasteiger partial charge in [-0.25, -0.2) is 0 Å². The number of hydrogen-bond donors (Lipinski definition) is 2. The van der Waals surface area contributed by atoms with Crippen molar-refractivity contribution in [2.45, 2.75) is 43.2 Å². The van der Waals surface area contributed by atoms with E-state index in [1.54, 1.807) is 11.8 Å². The fraction of sp³-hybridized carbons (Fsp3) is 0.280. The fourth-order valence-electron chi connectivity index (χ4n) is 3.94. The Balaban J connectivity index is 1.64. The second kappa shape index (κ2) is 9.28. The van der Waals surface area contributed by atoms with Crippen molar-refractivity contribution < 1.29 is 10.0 Å². The minimum absolute atomic E-state index is 0.0633. The highest BCUT2D eigenvalue weighted by atomic mass is 32.2. The van der Waals surface area contributed by atoms with E-state index in [-0.39, 0.29) is 11.3 Å². The lowest BCUT2D eigenvalue weighted by atomic mass is 9.74. The molecule has 0 atom stereocenters. The first-order chi connectivity index (χ1) is 15.0. The molecule has 6 heteroatoms. The number of fused-ring (bicyclic) bond motifs is 1. The summed E-state index contributed by atoms with van der Waals surface area (Å²) in [6, 6.07) is 20.2. The summed E-state index contributed by atoms with van der Waals surface area (Å²) < 4.78 is 1.05. The van der Waals surface area contributed by atoms with Crippen LogP contribution in [0.25, 0.3) is 0 Å². The van der Waals surface area contributed by atoms with E-state index in [0.29, 0.717) is 18.7 Å². The summed E-state index contributed by atoms with van der Waals surface area (Å²) >= 11 is 3.22. The number of carbonyl (C=O) groups is 1. The van der Waals surface area contributed by atoms with Crippen LogP contribution in [0.4, 0.5) is 0 Å². The molecule has 2 N–H and O–H groups in total. The standard InChI is InChI=1S/C25H26N2O2S2/c1-25(2)13-19-21(20(14-25)27-29)24(30-16-18-11-7-4-8-12-18)31-22(19)23(28)26-15-17-9-5-3-6-10-17/h3-12,29H,13-16H2,1-2H3,(H,26,28)/b27-20+. The summed E-state index contributed by atoms with van der Waals surface area (Å²) in [6.07, 6.45) is 1.48. The van der Waals surface area contributed by atoms with Gasteiger partial charge in [-0.05, 0) is 34.9 Å². The Morgan fingerprint density at radius 2 is 1.71 bits per heavy atom. The van der Waals surface area contributed by atoms with Crippen LogP contribution in [0, 0.1) is 5.41 Å². The summed E-state index contributed by atoms with van der Waals surface area (Å²) in [5.41, 5.74) is 4.88. The van der Waals surface area contributed by atoms with Gasteiger partial charge in [0.2, 0.25) is 0 Å². The molecule has 1 amide bonds. The molecule has 160 valence electrons. The van der Waals surface area contributed by atoms with Crippen molar-refractivity contribution in [3.05, 3.63) is 87.8 Å². The largest absolute Gasteiger partial charge is 0.411 e. The Labute approximate surface area is 191 Å². The number of carbonyl (C=O) groups excluding carboxylic acids is 1. The molecular weight excluding hydrogens is 424 g/mol. The van der Waals surface area contributed by atoms with E-state index < -0.39 is 0 Å². The highest BCUT2D eigenvalue weighted by molar-refractivity contribution is 8.00. The van der Waals surface area contributed by atoms with Crippen molar-refractivity contribution in [3.8, 4) is 0 Å². The third kappa shape index (κ3) is 5.02. The SMILES string of the molecule is CC1(C)C/C(=N\O)c2c(SCc3ccccc3)sc(C(=O)NCc3ccccc3)c2C1. The van der Waals surface area contributed by atoms with E-state index in [1.807, 2.05) is 48.5 Å². The minimum atomic E-state index is -0.0640. The minimum Gasteiger partial charge on any atom is -0.411 e. The van der Waals surface area contributed by atoms with Gasteiger partial charge in [0.25, 0.3) is 5.91 Å². The van der Waals surface area contributed by atoms with Crippen LogP contribution in [0.2, 0.25) is 0 Å². The molecule has 0 spiro atoms. The van der Waals surface area contributed by atoms with E-state index in [9.17, 15) is 10.0 Å². The predicted octanol–water partition coefficient (Wildman–Crippen LogP) is 6.12. The monoisotopic (exact) mass is 450 g/mol. The fourth-order valence-corrected chi connectivity index (χ4v) is 6.47. The summed E-state index contributed by atoms with van der Waals surface area (Å²) in [4.78, 5) is 13.9. The zero-order chi connectivity index (χ0) is 21.8. The lowest BCUT2D eigenvalue weighted by Crippen LogP contribution is -2.30. The van der Waals surface area contributed by atoms with Crippen LogP contribution in [0.3, 0.4) is 0 Å². The summed E-state index contributed by atoms with van der Waals surface area (Å²) in [7, 11) is 0. The molecule has 0 saturated carbocycles. The molecule has 31 heavy (non-hydrogen) atoms. The number of rotatable bonds is 6. The number of thioether (sulfide) groups is 1. The van der Waals surface area contributed by atoms with Crippen molar-refractivity contribution in [1.82, 2.24) is 5.32 Å². The number of benzene rings is 2. The number of oxime groups is 1. The Morgan fingerprint density at radius 3 is 2.35 bits per heavy atom. The van der Waals surface area contributed by atoms with Gasteiger partial charge in [0.15, 0.2) is 0 Å². The van der Waals surface area contributed by atoms with Crippen LogP contribution in [0.1, 0.15) is 52.2 Å². The lowest BCUT2D eigenvalue weighted by molar-refractivity contribution is 0.0953. The maximum atomic E-state index is 13.2.